The minimum absolute atomic E-state index is 0.0615. The van der Waals surface area contributed by atoms with Crippen LogP contribution >= 0.6 is 23.2 Å². The van der Waals surface area contributed by atoms with E-state index < -0.39 is 23.9 Å². The van der Waals surface area contributed by atoms with Crippen LogP contribution in [0.1, 0.15) is 51.6 Å². The van der Waals surface area contributed by atoms with Gasteiger partial charge in [0.1, 0.15) is 16.9 Å². The van der Waals surface area contributed by atoms with Gasteiger partial charge in [-0.25, -0.2) is 4.98 Å². The first-order valence-electron chi connectivity index (χ1n) is 15.6. The molecule has 5 rings (SSSR count). The van der Waals surface area contributed by atoms with Crippen LogP contribution in [0.4, 0.5) is 5.82 Å². The minimum Gasteiger partial charge on any atom is -0.481 e. The molecule has 2 aromatic heterocycles. The zero-order valence-corrected chi connectivity index (χ0v) is 28.4. The van der Waals surface area contributed by atoms with Gasteiger partial charge >= 0.3 is 11.9 Å². The molecule has 2 heterocycles. The first kappa shape index (κ1) is 36.5. The van der Waals surface area contributed by atoms with Crippen LogP contribution in [0, 0.1) is 0 Å². The number of carboxylic acid groups (broad SMARTS) is 2. The summed E-state index contributed by atoms with van der Waals surface area (Å²) in [5, 5.41) is 36.5. The van der Waals surface area contributed by atoms with Crippen molar-refractivity contribution in [1.82, 2.24) is 20.6 Å². The van der Waals surface area contributed by atoms with Crippen molar-refractivity contribution in [3.05, 3.63) is 98.7 Å². The fraction of sp³-hybridized carbons (Fsp3) is 0.286. The number of aromatic nitrogens is 2. The molecule has 0 saturated carbocycles. The number of pyridine rings is 2. The van der Waals surface area contributed by atoms with Crippen molar-refractivity contribution in [3.8, 4) is 22.9 Å². The molecule has 262 valence electrons. The molecule has 0 bridgehead atoms. The van der Waals surface area contributed by atoms with Gasteiger partial charge < -0.3 is 40.7 Å². The van der Waals surface area contributed by atoms with Crippen molar-refractivity contribution in [2.24, 2.45) is 0 Å². The molecule has 0 spiro atoms. The quantitative estimate of drug-likeness (QED) is 0.0920. The van der Waals surface area contributed by atoms with E-state index in [1.165, 1.54) is 7.11 Å². The zero-order valence-electron chi connectivity index (χ0n) is 26.9. The number of ether oxygens (including phenoxy) is 2. The van der Waals surface area contributed by atoms with Gasteiger partial charge in [0.25, 0.3) is 5.91 Å². The second kappa shape index (κ2) is 16.7. The summed E-state index contributed by atoms with van der Waals surface area (Å²) < 4.78 is 11.8. The number of amides is 1. The molecule has 0 unspecified atom stereocenters. The van der Waals surface area contributed by atoms with Crippen molar-refractivity contribution in [2.75, 3.05) is 25.5 Å². The van der Waals surface area contributed by atoms with Crippen LogP contribution in [0.15, 0.2) is 60.8 Å². The number of nitrogens with one attached hydrogen (secondary N) is 3. The molecule has 15 heteroatoms. The molecular formula is C35H35Cl2N5O8. The van der Waals surface area contributed by atoms with Gasteiger partial charge in [-0.15, -0.1) is 0 Å². The topological polar surface area (TPSA) is 192 Å². The number of aliphatic hydroxyl groups is 1. The third-order valence-electron chi connectivity index (χ3n) is 7.96. The van der Waals surface area contributed by atoms with E-state index in [2.05, 4.69) is 25.9 Å². The number of benzene rings is 2. The first-order chi connectivity index (χ1) is 24.0. The largest absolute Gasteiger partial charge is 0.481 e. The predicted octanol–water partition coefficient (Wildman–Crippen LogP) is 4.88. The molecule has 4 aromatic rings. The van der Waals surface area contributed by atoms with E-state index in [-0.39, 0.29) is 59.5 Å². The average molecular weight is 725 g/mol. The van der Waals surface area contributed by atoms with Crippen LogP contribution < -0.4 is 25.4 Å². The highest BCUT2D eigenvalue weighted by molar-refractivity contribution is 6.37. The molecule has 6 N–H and O–H groups in total. The lowest BCUT2D eigenvalue weighted by atomic mass is 9.95. The van der Waals surface area contributed by atoms with Gasteiger partial charge in [0.2, 0.25) is 11.8 Å². The van der Waals surface area contributed by atoms with Crippen molar-refractivity contribution in [1.29, 1.82) is 0 Å². The Kier molecular flexibility index (Phi) is 12.2. The Morgan fingerprint density at radius 3 is 2.48 bits per heavy atom. The molecule has 0 saturated heterocycles. The van der Waals surface area contributed by atoms with Gasteiger partial charge in [-0.1, -0.05) is 59.6 Å². The van der Waals surface area contributed by atoms with Gasteiger partial charge in [0.05, 0.1) is 36.8 Å². The summed E-state index contributed by atoms with van der Waals surface area (Å²) in [6.07, 6.45) is 1.08. The lowest BCUT2D eigenvalue weighted by Crippen LogP contribution is -2.28. The average Bonchev–Trinajstić information content (AvgIpc) is 3.49. The fourth-order valence-corrected chi connectivity index (χ4v) is 6.20. The van der Waals surface area contributed by atoms with Gasteiger partial charge in [0, 0.05) is 37.0 Å². The normalized spacial score (nSPS) is 14.1. The van der Waals surface area contributed by atoms with Crippen molar-refractivity contribution < 1.29 is 39.2 Å². The number of fused-ring (bicyclic) bond motifs is 1. The van der Waals surface area contributed by atoms with E-state index in [0.29, 0.717) is 36.3 Å². The van der Waals surface area contributed by atoms with Crippen LogP contribution in [-0.2, 0) is 29.1 Å². The number of hydrogen-bond donors (Lipinski definition) is 6. The highest BCUT2D eigenvalue weighted by Gasteiger charge is 2.29. The van der Waals surface area contributed by atoms with Crippen molar-refractivity contribution >= 4 is 46.9 Å². The Labute approximate surface area is 297 Å². The zero-order chi connectivity index (χ0) is 35.8. The Bertz CT molecular complexity index is 1880. The van der Waals surface area contributed by atoms with E-state index in [4.69, 9.17) is 42.9 Å². The number of rotatable bonds is 16. The second-order valence-electron chi connectivity index (χ2n) is 11.5. The molecule has 0 fully saturated rings. The third-order valence-corrected chi connectivity index (χ3v) is 8.63. The Balaban J connectivity index is 1.29. The molecule has 1 aliphatic carbocycles. The highest BCUT2D eigenvalue weighted by atomic mass is 35.5. The number of hydrogen-bond acceptors (Lipinski definition) is 10. The van der Waals surface area contributed by atoms with Crippen LogP contribution in [0.2, 0.25) is 10.0 Å². The molecule has 13 nitrogen and oxygen atoms in total. The van der Waals surface area contributed by atoms with Gasteiger partial charge in [-0.3, -0.25) is 14.4 Å². The number of halogens is 2. The van der Waals surface area contributed by atoms with Crippen LogP contribution in [0.5, 0.6) is 11.8 Å². The fourth-order valence-electron chi connectivity index (χ4n) is 5.67. The summed E-state index contributed by atoms with van der Waals surface area (Å²) in [5.74, 6) is -1.69. The maximum absolute atomic E-state index is 13.3. The molecule has 1 aliphatic rings. The van der Waals surface area contributed by atoms with Gasteiger partial charge in [0.15, 0.2) is 0 Å². The molecule has 2 aromatic carbocycles. The number of carbonyl (C=O) groups is 3. The van der Waals surface area contributed by atoms with E-state index in [0.717, 1.165) is 22.3 Å². The lowest BCUT2D eigenvalue weighted by Gasteiger charge is -2.18. The standard InChI is InChI=1S/C35H35Cl2N5O8/c1-49-34-20(16-39-17-21(43)13-30(44)45)12-27(36)35(42-34)50-28-10-9-23-22(4-2-5-24(23)28)25-6-3-7-26(32(25)37)33(48)41-29-11-8-19(15-40-29)14-38-18-31(46)47/h2-8,11-12,15,21,28,38-39,43H,9-10,13-14,16-18H2,1H3,(H,44,45)(H,46,47)(H,40,41,48)/t21-,28-/m0/s1. The van der Waals surface area contributed by atoms with Crippen molar-refractivity contribution in [3.63, 3.8) is 0 Å². The SMILES string of the molecule is COc1nc(O[C@H]2CCc3c(-c4cccc(C(=O)Nc5ccc(CNCC(=O)O)cn5)c4Cl)cccc32)c(Cl)cc1CNC[C@@H](O)CC(=O)O. The Morgan fingerprint density at radius 1 is 0.980 bits per heavy atom. The van der Waals surface area contributed by atoms with Crippen LogP contribution in [0.25, 0.3) is 11.1 Å². The summed E-state index contributed by atoms with van der Waals surface area (Å²) in [4.78, 5) is 43.5. The number of anilines is 1. The summed E-state index contributed by atoms with van der Waals surface area (Å²) in [6, 6.07) is 16.1. The summed E-state index contributed by atoms with van der Waals surface area (Å²) in [5.41, 5.74) is 5.16. The molecule has 1 amide bonds. The Morgan fingerprint density at radius 2 is 1.76 bits per heavy atom. The molecule has 50 heavy (non-hydrogen) atoms. The summed E-state index contributed by atoms with van der Waals surface area (Å²) >= 11 is 13.5. The Hall–Kier alpha value is -4.79. The third kappa shape index (κ3) is 9.05. The van der Waals surface area contributed by atoms with E-state index >= 15 is 0 Å². The molecule has 0 aliphatic heterocycles. The second-order valence-corrected chi connectivity index (χ2v) is 12.3. The summed E-state index contributed by atoms with van der Waals surface area (Å²) in [6.45, 7) is 0.442. The number of aliphatic hydroxyl groups excluding tert-OH is 1. The number of nitrogens with zero attached hydrogens (tertiary/aromatic N) is 2. The maximum atomic E-state index is 13.3. The van der Waals surface area contributed by atoms with Gasteiger partial charge in [-0.05, 0) is 53.3 Å². The smallest absolute Gasteiger partial charge is 0.317 e. The highest BCUT2D eigenvalue weighted by Crippen LogP contribution is 2.43. The van der Waals surface area contributed by atoms with Gasteiger partial charge in [-0.2, -0.15) is 4.98 Å². The predicted molar refractivity (Wildman–Crippen MR) is 186 cm³/mol. The van der Waals surface area contributed by atoms with E-state index in [1.807, 2.05) is 24.3 Å². The molecule has 0 radical (unpaired) electrons. The minimum atomic E-state index is -1.09. The van der Waals surface area contributed by atoms with Crippen molar-refractivity contribution in [2.45, 2.75) is 44.6 Å². The summed E-state index contributed by atoms with van der Waals surface area (Å²) in [7, 11) is 1.47. The van der Waals surface area contributed by atoms with Crippen LogP contribution in [-0.4, -0.2) is 69.4 Å². The van der Waals surface area contributed by atoms with Crippen LogP contribution in [0.3, 0.4) is 0 Å². The number of methoxy groups -OCH3 is 1. The molecular weight excluding hydrogens is 689 g/mol. The van der Waals surface area contributed by atoms with E-state index in [9.17, 15) is 19.5 Å². The first-order valence-corrected chi connectivity index (χ1v) is 16.4. The number of carbonyl (C=O) groups excluding carboxylic acids is 1. The lowest BCUT2D eigenvalue weighted by molar-refractivity contribution is -0.139. The maximum Gasteiger partial charge on any atom is 0.317 e. The molecule has 2 atom stereocenters. The van der Waals surface area contributed by atoms with E-state index in [1.54, 1.807) is 36.5 Å². The monoisotopic (exact) mass is 723 g/mol. The number of carboxylic acids is 2. The number of aliphatic carboxylic acids is 2.